The third-order valence-corrected chi connectivity index (χ3v) is 6.51. The van der Waals surface area contributed by atoms with Crippen molar-refractivity contribution in [2.45, 2.75) is 51.5 Å². The van der Waals surface area contributed by atoms with Gasteiger partial charge in [0.2, 0.25) is 0 Å². The van der Waals surface area contributed by atoms with Crippen LogP contribution in [0.25, 0.3) is 10.8 Å². The van der Waals surface area contributed by atoms with E-state index in [1.165, 1.54) is 4.57 Å². The molecule has 1 aliphatic carbocycles. The highest BCUT2D eigenvalue weighted by molar-refractivity contribution is 6.31. The summed E-state index contributed by atoms with van der Waals surface area (Å²) in [5.74, 6) is -0.136. The van der Waals surface area contributed by atoms with Crippen molar-refractivity contribution >= 4 is 39.7 Å². The van der Waals surface area contributed by atoms with Crippen molar-refractivity contribution in [1.82, 2.24) is 4.57 Å². The summed E-state index contributed by atoms with van der Waals surface area (Å²) in [4.78, 5) is 49.1. The Morgan fingerprint density at radius 3 is 2.59 bits per heavy atom. The van der Waals surface area contributed by atoms with Gasteiger partial charge in [-0.15, -0.1) is 0 Å². The van der Waals surface area contributed by atoms with Crippen molar-refractivity contribution in [2.75, 3.05) is 0 Å². The van der Waals surface area contributed by atoms with Crippen LogP contribution in [0, 0.1) is 6.92 Å². The van der Waals surface area contributed by atoms with E-state index in [0.717, 1.165) is 22.1 Å². The molecule has 0 aliphatic heterocycles. The largest absolute Gasteiger partial charge is 0.304 e. The molecule has 0 bridgehead atoms. The first-order valence-corrected chi connectivity index (χ1v) is 11.1. The second kappa shape index (κ2) is 9.21. The maximum absolute atomic E-state index is 12.9. The summed E-state index contributed by atoms with van der Waals surface area (Å²) in [5.41, 5.74) is 2.64. The van der Waals surface area contributed by atoms with Crippen molar-refractivity contribution in [1.29, 1.82) is 0 Å². The van der Waals surface area contributed by atoms with Crippen LogP contribution in [0.2, 0.25) is 5.02 Å². The molecule has 0 N–H and O–H groups in total. The number of pyridine rings is 1. The Labute approximate surface area is 191 Å². The molecular formula is C26H24ClNO4. The maximum Gasteiger partial charge on any atom is 0.259 e. The van der Waals surface area contributed by atoms with Gasteiger partial charge < -0.3 is 4.57 Å². The van der Waals surface area contributed by atoms with Gasteiger partial charge in [-0.3, -0.25) is 19.2 Å². The van der Waals surface area contributed by atoms with Gasteiger partial charge in [0.15, 0.2) is 5.78 Å². The topological polar surface area (TPSA) is 73.2 Å². The first-order valence-electron chi connectivity index (χ1n) is 10.8. The predicted molar refractivity (Wildman–Crippen MR) is 124 cm³/mol. The van der Waals surface area contributed by atoms with Gasteiger partial charge in [0.25, 0.3) is 5.56 Å². The minimum Gasteiger partial charge on any atom is -0.304 e. The Morgan fingerprint density at radius 2 is 1.84 bits per heavy atom. The summed E-state index contributed by atoms with van der Waals surface area (Å²) in [6.07, 6.45) is 3.56. The molecule has 1 atom stereocenters. The van der Waals surface area contributed by atoms with Crippen molar-refractivity contribution < 1.29 is 14.4 Å². The van der Waals surface area contributed by atoms with Gasteiger partial charge in [0, 0.05) is 35.9 Å². The Kier molecular flexibility index (Phi) is 6.38. The fraction of sp³-hybridized carbons (Fsp3) is 0.308. The Hall–Kier alpha value is -3.05. The molecule has 0 saturated heterocycles. The molecule has 1 aromatic heterocycles. The third-order valence-electron chi connectivity index (χ3n) is 6.10. The molecule has 0 spiro atoms. The molecule has 32 heavy (non-hydrogen) atoms. The van der Waals surface area contributed by atoms with E-state index in [-0.39, 0.29) is 29.3 Å². The molecule has 1 saturated carbocycles. The average Bonchev–Trinajstić information content (AvgIpc) is 2.76. The van der Waals surface area contributed by atoms with E-state index in [2.05, 4.69) is 0 Å². The van der Waals surface area contributed by atoms with Crippen LogP contribution in [-0.2, 0) is 27.2 Å². The van der Waals surface area contributed by atoms with E-state index in [1.54, 1.807) is 12.3 Å². The van der Waals surface area contributed by atoms with Gasteiger partial charge in [0.05, 0.1) is 12.5 Å². The standard InChI is InChI=1S/C26H24ClNO4/c1-16-2-3-18(14-23(16)27)13-20(29)6-4-17-5-8-22-19(12-17)10-11-28(26(22)32)24-9-7-21(30)15-25(24)31/h2-3,5,8,10-12,14,24H,4,6-7,9,13,15H2,1H3. The van der Waals surface area contributed by atoms with E-state index in [0.29, 0.717) is 42.5 Å². The van der Waals surface area contributed by atoms with E-state index in [4.69, 9.17) is 11.6 Å². The first-order chi connectivity index (χ1) is 15.3. The van der Waals surface area contributed by atoms with E-state index in [9.17, 15) is 19.2 Å². The lowest BCUT2D eigenvalue weighted by atomic mass is 9.92. The number of hydrogen-bond donors (Lipinski definition) is 0. The predicted octanol–water partition coefficient (Wildman–Crippen LogP) is 4.57. The number of rotatable bonds is 6. The number of aromatic nitrogens is 1. The van der Waals surface area contributed by atoms with Crippen molar-refractivity contribution in [3.05, 3.63) is 80.7 Å². The summed E-state index contributed by atoms with van der Waals surface area (Å²) in [5, 5.41) is 1.97. The lowest BCUT2D eigenvalue weighted by Gasteiger charge is -2.22. The van der Waals surface area contributed by atoms with Crippen LogP contribution < -0.4 is 5.56 Å². The van der Waals surface area contributed by atoms with Crippen LogP contribution in [0.4, 0.5) is 0 Å². The number of nitrogens with zero attached hydrogens (tertiary/aromatic N) is 1. The number of hydrogen-bond acceptors (Lipinski definition) is 4. The number of ketones is 3. The smallest absolute Gasteiger partial charge is 0.259 e. The summed E-state index contributed by atoms with van der Waals surface area (Å²) >= 11 is 6.14. The second-order valence-corrected chi connectivity index (χ2v) is 8.89. The number of carbonyl (C=O) groups excluding carboxylic acids is 3. The van der Waals surface area contributed by atoms with Crippen molar-refractivity contribution in [3.8, 4) is 0 Å². The van der Waals surface area contributed by atoms with Gasteiger partial charge in [-0.1, -0.05) is 35.9 Å². The summed E-state index contributed by atoms with van der Waals surface area (Å²) in [7, 11) is 0. The van der Waals surface area contributed by atoms with E-state index in [1.807, 2.05) is 43.3 Å². The number of Topliss-reactive ketones (excluding diaryl/α,β-unsaturated/α-hetero) is 3. The Bertz CT molecular complexity index is 1290. The van der Waals surface area contributed by atoms with Crippen LogP contribution in [0.3, 0.4) is 0 Å². The van der Waals surface area contributed by atoms with E-state index < -0.39 is 6.04 Å². The normalized spacial score (nSPS) is 16.5. The quantitative estimate of drug-likeness (QED) is 0.516. The SMILES string of the molecule is Cc1ccc(CC(=O)CCc2ccc3c(=O)n(C4CCC(=O)CC4=O)ccc3c2)cc1Cl. The Balaban J connectivity index is 1.46. The molecule has 1 unspecified atom stereocenters. The van der Waals surface area contributed by atoms with Gasteiger partial charge >= 0.3 is 0 Å². The molecule has 6 heteroatoms. The molecule has 1 heterocycles. The number of halogens is 1. The highest BCUT2D eigenvalue weighted by atomic mass is 35.5. The highest BCUT2D eigenvalue weighted by Gasteiger charge is 2.29. The van der Waals surface area contributed by atoms with Crippen molar-refractivity contribution in [2.24, 2.45) is 0 Å². The first kappa shape index (κ1) is 22.2. The van der Waals surface area contributed by atoms with Crippen LogP contribution in [0.5, 0.6) is 0 Å². The van der Waals surface area contributed by atoms with Gasteiger partial charge in [-0.05, 0) is 60.0 Å². The molecule has 164 valence electrons. The number of aryl methyl sites for hydroxylation is 2. The fourth-order valence-corrected chi connectivity index (χ4v) is 4.42. The zero-order chi connectivity index (χ0) is 22.8. The van der Waals surface area contributed by atoms with Crippen LogP contribution >= 0.6 is 11.6 Å². The molecule has 0 amide bonds. The molecule has 4 rings (SSSR count). The minimum absolute atomic E-state index is 0.0650. The lowest BCUT2D eigenvalue weighted by molar-refractivity contribution is -0.132. The number of benzene rings is 2. The average molecular weight is 450 g/mol. The van der Waals surface area contributed by atoms with Crippen LogP contribution in [0.15, 0.2) is 53.5 Å². The fourth-order valence-electron chi connectivity index (χ4n) is 4.21. The summed E-state index contributed by atoms with van der Waals surface area (Å²) in [6, 6.07) is 12.5. The highest BCUT2D eigenvalue weighted by Crippen LogP contribution is 2.24. The number of carbonyl (C=O) groups is 3. The second-order valence-electron chi connectivity index (χ2n) is 8.48. The molecular weight excluding hydrogens is 426 g/mol. The molecule has 3 aromatic rings. The van der Waals surface area contributed by atoms with E-state index >= 15 is 0 Å². The van der Waals surface area contributed by atoms with Gasteiger partial charge in [-0.2, -0.15) is 0 Å². The molecule has 2 aromatic carbocycles. The Morgan fingerprint density at radius 1 is 1.06 bits per heavy atom. The maximum atomic E-state index is 12.9. The zero-order valence-corrected chi connectivity index (χ0v) is 18.7. The van der Waals surface area contributed by atoms with Crippen molar-refractivity contribution in [3.63, 3.8) is 0 Å². The van der Waals surface area contributed by atoms with Crippen LogP contribution in [0.1, 0.15) is 48.4 Å². The molecule has 0 radical (unpaired) electrons. The van der Waals surface area contributed by atoms with Gasteiger partial charge in [0.1, 0.15) is 11.6 Å². The van der Waals surface area contributed by atoms with Gasteiger partial charge in [-0.25, -0.2) is 0 Å². The minimum atomic E-state index is -0.572. The lowest BCUT2D eigenvalue weighted by Crippen LogP contribution is -2.34. The summed E-state index contributed by atoms with van der Waals surface area (Å²) in [6.45, 7) is 1.93. The third kappa shape index (κ3) is 4.73. The zero-order valence-electron chi connectivity index (χ0n) is 17.9. The summed E-state index contributed by atoms with van der Waals surface area (Å²) < 4.78 is 1.45. The number of fused-ring (bicyclic) bond motifs is 1. The molecule has 1 fully saturated rings. The molecule has 1 aliphatic rings. The van der Waals surface area contributed by atoms with Crippen LogP contribution in [-0.4, -0.2) is 21.9 Å². The monoisotopic (exact) mass is 449 g/mol. The molecule has 5 nitrogen and oxygen atoms in total.